The number of carboxylic acids is 1. The Morgan fingerprint density at radius 2 is 0.939 bits per heavy atom. The van der Waals surface area contributed by atoms with Crippen LogP contribution in [0.2, 0.25) is 20.5 Å². The SMILES string of the molecule is Brc1ccc(-c2cnc(C3CCCC3)[nH]2)cc1.CB(O)N1CCC[C@H]1C(=O)O.CB(O)N1CCC[C@H]1C(=O)OCC(=O)c1ccc(Br)cc1.CB(O)N1CCC[C@H]1c1ncc(-c2ccc(Br)cc2)[nH]1.O=C(CBr)c1ccc(Br)cc1.S.S. The van der Waals surface area contributed by atoms with E-state index in [9.17, 15) is 29.2 Å². The van der Waals surface area contributed by atoms with Gasteiger partial charge in [-0.1, -0.05) is 141 Å². The third-order valence-electron chi connectivity index (χ3n) is 14.2. The molecule has 16 nitrogen and oxygen atoms in total. The number of Topliss-reactive ketones (excluding diaryl/α,β-unsaturated/α-hetero) is 2. The van der Waals surface area contributed by atoms with Crippen LogP contribution < -0.4 is 0 Å². The fourth-order valence-corrected chi connectivity index (χ4v) is 11.4. The minimum absolute atomic E-state index is 0. The van der Waals surface area contributed by atoms with Crippen LogP contribution in [0.4, 0.5) is 0 Å². The Hall–Kier alpha value is -3.37. The molecule has 3 atom stereocenters. The minimum Gasteiger partial charge on any atom is -0.480 e. The number of ether oxygens (including phenoxy) is 1. The number of halogens is 5. The summed E-state index contributed by atoms with van der Waals surface area (Å²) in [4.78, 5) is 66.9. The molecule has 1 aliphatic carbocycles. The second kappa shape index (κ2) is 35.9. The van der Waals surface area contributed by atoms with E-state index in [2.05, 4.69) is 141 Å². The maximum atomic E-state index is 12.0. The Labute approximate surface area is 538 Å². The van der Waals surface area contributed by atoms with Gasteiger partial charge in [0.05, 0.1) is 35.2 Å². The molecule has 10 rings (SSSR count). The summed E-state index contributed by atoms with van der Waals surface area (Å²) in [6.45, 7) is 7.05. The van der Waals surface area contributed by atoms with E-state index < -0.39 is 45.2 Å². The topological polar surface area (TPSA) is 226 Å². The zero-order valence-electron chi connectivity index (χ0n) is 46.0. The van der Waals surface area contributed by atoms with Crippen molar-refractivity contribution in [1.29, 1.82) is 0 Å². The van der Waals surface area contributed by atoms with Crippen molar-refractivity contribution in [2.75, 3.05) is 31.6 Å². The minimum atomic E-state index is -0.830. The average Bonchev–Trinajstić information content (AvgIpc) is 4.42. The highest BCUT2D eigenvalue weighted by Gasteiger charge is 2.37. The van der Waals surface area contributed by atoms with Crippen molar-refractivity contribution in [2.24, 2.45) is 0 Å². The number of benzene rings is 4. The van der Waals surface area contributed by atoms with Gasteiger partial charge in [-0.05, 0) is 151 Å². The number of nitrogens with one attached hydrogen (secondary N) is 2. The molecule has 0 spiro atoms. The average molecular weight is 1480 g/mol. The Kier molecular flexibility index (Phi) is 31.2. The van der Waals surface area contributed by atoms with Crippen molar-refractivity contribution in [3.8, 4) is 22.5 Å². The molecular formula is C56H71B3Br5N7O9S2. The fraction of sp³-hybridized carbons (Fsp3) is 0.393. The van der Waals surface area contributed by atoms with Crippen LogP contribution in [0.5, 0.6) is 0 Å². The van der Waals surface area contributed by atoms with Gasteiger partial charge in [0.25, 0.3) is 0 Å². The molecule has 5 heterocycles. The van der Waals surface area contributed by atoms with Crippen molar-refractivity contribution in [2.45, 2.75) is 109 Å². The highest BCUT2D eigenvalue weighted by molar-refractivity contribution is 9.11. The van der Waals surface area contributed by atoms with Crippen molar-refractivity contribution in [1.82, 2.24) is 34.4 Å². The van der Waals surface area contributed by atoms with Crippen LogP contribution in [0.15, 0.2) is 127 Å². The Balaban J connectivity index is 0.000000224. The number of aliphatic carboxylic acids is 1. The molecule has 3 saturated heterocycles. The number of esters is 1. The summed E-state index contributed by atoms with van der Waals surface area (Å²) < 4.78 is 9.15. The molecule has 1 saturated carbocycles. The molecule has 82 heavy (non-hydrogen) atoms. The van der Waals surface area contributed by atoms with E-state index in [4.69, 9.17) is 14.9 Å². The van der Waals surface area contributed by atoms with Gasteiger partial charge in [0.15, 0.2) is 18.2 Å². The monoisotopic (exact) mass is 1480 g/mol. The molecule has 440 valence electrons. The van der Waals surface area contributed by atoms with E-state index in [1.54, 1.807) is 59.7 Å². The fourth-order valence-electron chi connectivity index (χ4n) is 9.99. The number of hydrogen-bond donors (Lipinski definition) is 6. The predicted octanol–water partition coefficient (Wildman–Crippen LogP) is 12.2. The summed E-state index contributed by atoms with van der Waals surface area (Å²) in [7, 11) is -1.76. The molecule has 2 aromatic heterocycles. The molecule has 4 aromatic carbocycles. The normalized spacial score (nSPS) is 17.6. The standard InChI is InChI=1S/C14H17BBrN3O.C14H17BBrNO4.C14H15BrN2.C8H6Br2O.C6H12BNO3.2H2S/c1-15(20)19-8-2-3-13(19)14-17-9-12(18-14)10-4-6-11(16)7-5-10;1-15(20)17-8-2-3-12(17)14(19)21-9-13(18)10-4-6-11(16)7-5-10;15-12-7-5-10(6-8-12)13-9-16-14(17-13)11-3-1-2-4-11;9-5-8(11)6-1-3-7(10)4-2-6;1-7(11)8-4-2-3-5(8)6(9)10;;/h4-7,9,13,20H,2-3,8H2,1H3,(H,17,18);4-7,12,20H,2-3,8-9H2,1H3;5-9,11H,1-4H2,(H,16,17);1-4H,5H2;5,11H,2-4H2,1H3,(H,9,10);2*1H2/t13-;12-;;;5-;;/m00..0../s1. The lowest BCUT2D eigenvalue weighted by Crippen LogP contribution is -2.45. The van der Waals surface area contributed by atoms with E-state index in [1.165, 1.54) is 37.1 Å². The third kappa shape index (κ3) is 21.5. The van der Waals surface area contributed by atoms with E-state index in [1.807, 2.05) is 43.5 Å². The van der Waals surface area contributed by atoms with Crippen LogP contribution >= 0.6 is 107 Å². The number of H-pyrrole nitrogens is 2. The first kappa shape index (κ1) is 71.1. The highest BCUT2D eigenvalue weighted by Crippen LogP contribution is 2.34. The van der Waals surface area contributed by atoms with Crippen molar-refractivity contribution in [3.63, 3.8) is 0 Å². The number of carboxylic acid groups (broad SMARTS) is 1. The number of ketones is 2. The van der Waals surface area contributed by atoms with Crippen molar-refractivity contribution >= 4 is 151 Å². The smallest absolute Gasteiger partial charge is 0.377 e. The van der Waals surface area contributed by atoms with E-state index in [0.717, 1.165) is 78.5 Å². The number of alkyl halides is 1. The molecular weight excluding hydrogens is 1410 g/mol. The van der Waals surface area contributed by atoms with Gasteiger partial charge in [-0.2, -0.15) is 27.0 Å². The largest absolute Gasteiger partial charge is 0.480 e. The first-order valence-electron chi connectivity index (χ1n) is 26.8. The van der Waals surface area contributed by atoms with Crippen LogP contribution in [0.3, 0.4) is 0 Å². The summed E-state index contributed by atoms with van der Waals surface area (Å²) in [5.74, 6) is 1.36. The number of carbonyl (C=O) groups is 4. The lowest BCUT2D eigenvalue weighted by molar-refractivity contribution is -0.146. The molecule has 4 fully saturated rings. The van der Waals surface area contributed by atoms with E-state index >= 15 is 0 Å². The number of nitrogens with zero attached hydrogens (tertiary/aromatic N) is 5. The van der Waals surface area contributed by atoms with Gasteiger partial charge in [-0.15, -0.1) is 0 Å². The van der Waals surface area contributed by atoms with Gasteiger partial charge in [0, 0.05) is 34.9 Å². The summed E-state index contributed by atoms with van der Waals surface area (Å²) in [6.07, 6.45) is 14.2. The van der Waals surface area contributed by atoms with Gasteiger partial charge in [0.1, 0.15) is 23.7 Å². The number of carbonyl (C=O) groups excluding carboxylic acids is 3. The molecule has 26 heteroatoms. The molecule has 0 unspecified atom stereocenters. The number of aromatic nitrogens is 4. The lowest BCUT2D eigenvalue weighted by atomic mass is 9.84. The lowest BCUT2D eigenvalue weighted by Gasteiger charge is -2.23. The summed E-state index contributed by atoms with van der Waals surface area (Å²) in [6, 6.07) is 30.0. The first-order valence-corrected chi connectivity index (χ1v) is 31.1. The van der Waals surface area contributed by atoms with E-state index in [0.29, 0.717) is 42.7 Å². The maximum Gasteiger partial charge on any atom is 0.377 e. The third-order valence-corrected chi connectivity index (χ3v) is 16.9. The van der Waals surface area contributed by atoms with Crippen LogP contribution in [0.25, 0.3) is 22.5 Å². The van der Waals surface area contributed by atoms with Gasteiger partial charge < -0.3 is 49.3 Å². The first-order chi connectivity index (χ1) is 38.3. The number of aromatic amines is 2. The molecule has 4 aliphatic rings. The molecule has 0 radical (unpaired) electrons. The Morgan fingerprint density at radius 3 is 1.38 bits per heavy atom. The van der Waals surface area contributed by atoms with Crippen LogP contribution in [-0.2, 0) is 14.3 Å². The van der Waals surface area contributed by atoms with Gasteiger partial charge in [-0.3, -0.25) is 19.2 Å². The molecule has 6 aromatic rings. The van der Waals surface area contributed by atoms with E-state index in [-0.39, 0.29) is 51.2 Å². The number of rotatable bonds is 14. The van der Waals surface area contributed by atoms with Crippen LogP contribution in [-0.4, -0.2) is 143 Å². The zero-order chi connectivity index (χ0) is 57.9. The summed E-state index contributed by atoms with van der Waals surface area (Å²) in [5.41, 5.74) is 5.71. The predicted molar refractivity (Wildman–Crippen MR) is 354 cm³/mol. The second-order valence-corrected chi connectivity index (χ2v) is 24.1. The summed E-state index contributed by atoms with van der Waals surface area (Å²) >= 11 is 16.6. The van der Waals surface area contributed by atoms with Crippen molar-refractivity contribution < 1.29 is 44.1 Å². The molecule has 3 aliphatic heterocycles. The molecule has 6 N–H and O–H groups in total. The number of imidazole rings is 2. The molecule has 0 bridgehead atoms. The van der Waals surface area contributed by atoms with Crippen LogP contribution in [0.1, 0.15) is 109 Å². The van der Waals surface area contributed by atoms with Crippen molar-refractivity contribution in [3.05, 3.63) is 150 Å². The zero-order valence-corrected chi connectivity index (χ0v) is 55.9. The van der Waals surface area contributed by atoms with Gasteiger partial charge in [0.2, 0.25) is 0 Å². The Morgan fingerprint density at radius 1 is 0.549 bits per heavy atom. The number of hydrogen-bond acceptors (Lipinski definition) is 13. The van der Waals surface area contributed by atoms with Gasteiger partial charge in [-0.25, -0.2) is 9.97 Å². The Bertz CT molecular complexity index is 2910. The maximum absolute atomic E-state index is 12.0. The summed E-state index contributed by atoms with van der Waals surface area (Å²) in [5, 5.41) is 37.6. The highest BCUT2D eigenvalue weighted by atomic mass is 79.9. The van der Waals surface area contributed by atoms with Gasteiger partial charge >= 0.3 is 33.1 Å². The van der Waals surface area contributed by atoms with Crippen LogP contribution in [0, 0.1) is 0 Å². The quantitative estimate of drug-likeness (QED) is 0.0258. The second-order valence-electron chi connectivity index (χ2n) is 19.9. The molecule has 0 amide bonds.